The van der Waals surface area contributed by atoms with E-state index < -0.39 is 0 Å². The second-order valence-electron chi connectivity index (χ2n) is 3.38. The van der Waals surface area contributed by atoms with E-state index in [2.05, 4.69) is 5.16 Å². The maximum Gasteiger partial charge on any atom is 0.171 e. The molecule has 0 aliphatic rings. The number of nitrogens with zero attached hydrogens (tertiary/aromatic N) is 1. The molecule has 17 heavy (non-hydrogen) atoms. The Bertz CT molecular complexity index is 510. The molecule has 4 nitrogen and oxygen atoms in total. The Morgan fingerprint density at radius 1 is 1.24 bits per heavy atom. The van der Waals surface area contributed by atoms with E-state index >= 15 is 0 Å². The first-order chi connectivity index (χ1) is 8.28. The van der Waals surface area contributed by atoms with Gasteiger partial charge in [-0.1, -0.05) is 5.16 Å². The van der Waals surface area contributed by atoms with Gasteiger partial charge in [-0.15, -0.1) is 11.6 Å². The molecule has 0 aliphatic carbocycles. The predicted molar refractivity (Wildman–Crippen MR) is 64.6 cm³/mol. The molecule has 0 fully saturated rings. The van der Waals surface area contributed by atoms with Crippen LogP contribution < -0.4 is 9.47 Å². The molecular weight excluding hydrogens is 242 g/mol. The van der Waals surface area contributed by atoms with Crippen LogP contribution in [-0.2, 0) is 5.88 Å². The van der Waals surface area contributed by atoms with E-state index in [1.165, 1.54) is 0 Å². The minimum absolute atomic E-state index is 0.315. The van der Waals surface area contributed by atoms with Crippen molar-refractivity contribution >= 4 is 11.6 Å². The monoisotopic (exact) mass is 253 g/mol. The lowest BCUT2D eigenvalue weighted by Gasteiger charge is -2.07. The molecule has 2 rings (SSSR count). The molecule has 0 radical (unpaired) electrons. The lowest BCUT2D eigenvalue weighted by atomic mass is 10.1. The molecule has 1 aromatic heterocycles. The van der Waals surface area contributed by atoms with E-state index in [0.717, 1.165) is 11.3 Å². The van der Waals surface area contributed by atoms with Gasteiger partial charge in [0.1, 0.15) is 11.5 Å². The number of ether oxygens (including phenoxy) is 2. The van der Waals surface area contributed by atoms with Crippen molar-refractivity contribution in [2.75, 3.05) is 14.2 Å². The van der Waals surface area contributed by atoms with E-state index in [1.807, 2.05) is 18.2 Å². The minimum atomic E-state index is 0.315. The first kappa shape index (κ1) is 11.8. The van der Waals surface area contributed by atoms with Gasteiger partial charge in [-0.3, -0.25) is 0 Å². The maximum absolute atomic E-state index is 5.68. The van der Waals surface area contributed by atoms with Crippen molar-refractivity contribution in [2.24, 2.45) is 0 Å². The second kappa shape index (κ2) is 5.10. The molecule has 0 saturated carbocycles. The van der Waals surface area contributed by atoms with E-state index in [-0.39, 0.29) is 0 Å². The van der Waals surface area contributed by atoms with Gasteiger partial charge in [-0.2, -0.15) is 0 Å². The number of alkyl halides is 1. The van der Waals surface area contributed by atoms with Crippen LogP contribution in [0.25, 0.3) is 11.3 Å². The largest absolute Gasteiger partial charge is 0.497 e. The first-order valence-electron chi connectivity index (χ1n) is 5.02. The Balaban J connectivity index is 2.47. The summed E-state index contributed by atoms with van der Waals surface area (Å²) in [7, 11) is 3.21. The van der Waals surface area contributed by atoms with Gasteiger partial charge in [0.05, 0.1) is 31.4 Å². The standard InChI is InChI=1S/C12H12ClNO3/c1-15-9-3-4-11(16-2)10(6-9)12-5-8(7-13)14-17-12/h3-6H,7H2,1-2H3. The van der Waals surface area contributed by atoms with Crippen LogP contribution in [-0.4, -0.2) is 19.4 Å². The third-order valence-electron chi connectivity index (χ3n) is 2.37. The molecule has 0 saturated heterocycles. The van der Waals surface area contributed by atoms with Crippen LogP contribution in [0.5, 0.6) is 11.5 Å². The summed E-state index contributed by atoms with van der Waals surface area (Å²) in [6.07, 6.45) is 0. The van der Waals surface area contributed by atoms with Crippen molar-refractivity contribution in [3.05, 3.63) is 30.0 Å². The average Bonchev–Trinajstić information content (AvgIpc) is 2.86. The fourth-order valence-electron chi connectivity index (χ4n) is 1.51. The van der Waals surface area contributed by atoms with Crippen molar-refractivity contribution in [3.63, 3.8) is 0 Å². The normalized spacial score (nSPS) is 10.3. The zero-order valence-corrected chi connectivity index (χ0v) is 10.3. The summed E-state index contributed by atoms with van der Waals surface area (Å²) in [6, 6.07) is 7.25. The highest BCUT2D eigenvalue weighted by molar-refractivity contribution is 6.16. The molecule has 0 amide bonds. The number of halogens is 1. The Kier molecular flexibility index (Phi) is 3.54. The molecular formula is C12H12ClNO3. The molecule has 0 spiro atoms. The summed E-state index contributed by atoms with van der Waals surface area (Å²) in [4.78, 5) is 0. The van der Waals surface area contributed by atoms with Crippen molar-refractivity contribution in [2.45, 2.75) is 5.88 Å². The zero-order chi connectivity index (χ0) is 12.3. The van der Waals surface area contributed by atoms with Gasteiger partial charge < -0.3 is 14.0 Å². The van der Waals surface area contributed by atoms with Crippen LogP contribution in [0.1, 0.15) is 5.69 Å². The fraction of sp³-hybridized carbons (Fsp3) is 0.250. The Morgan fingerprint density at radius 2 is 2.06 bits per heavy atom. The first-order valence-corrected chi connectivity index (χ1v) is 5.56. The van der Waals surface area contributed by atoms with Crippen molar-refractivity contribution in [3.8, 4) is 22.8 Å². The van der Waals surface area contributed by atoms with Gasteiger partial charge in [0.15, 0.2) is 5.76 Å². The highest BCUT2D eigenvalue weighted by Gasteiger charge is 2.12. The number of hydrogen-bond donors (Lipinski definition) is 0. The average molecular weight is 254 g/mol. The van der Waals surface area contributed by atoms with E-state index in [9.17, 15) is 0 Å². The van der Waals surface area contributed by atoms with Gasteiger partial charge in [0.2, 0.25) is 0 Å². The van der Waals surface area contributed by atoms with Crippen molar-refractivity contribution in [1.82, 2.24) is 5.16 Å². The SMILES string of the molecule is COc1ccc(OC)c(-c2cc(CCl)no2)c1. The topological polar surface area (TPSA) is 44.5 Å². The van der Waals surface area contributed by atoms with Gasteiger partial charge in [0, 0.05) is 6.07 Å². The maximum atomic E-state index is 5.68. The van der Waals surface area contributed by atoms with Crippen LogP contribution in [0.2, 0.25) is 0 Å². The van der Waals surface area contributed by atoms with Crippen LogP contribution >= 0.6 is 11.6 Å². The minimum Gasteiger partial charge on any atom is -0.497 e. The molecule has 0 aliphatic heterocycles. The zero-order valence-electron chi connectivity index (χ0n) is 9.57. The quantitative estimate of drug-likeness (QED) is 0.786. The van der Waals surface area contributed by atoms with Gasteiger partial charge in [-0.05, 0) is 18.2 Å². The van der Waals surface area contributed by atoms with Crippen LogP contribution in [0.15, 0.2) is 28.8 Å². The molecule has 0 unspecified atom stereocenters. The lowest BCUT2D eigenvalue weighted by Crippen LogP contribution is -1.89. The van der Waals surface area contributed by atoms with Crippen molar-refractivity contribution < 1.29 is 14.0 Å². The molecule has 1 heterocycles. The van der Waals surface area contributed by atoms with E-state index in [1.54, 1.807) is 20.3 Å². The van der Waals surface area contributed by atoms with E-state index in [0.29, 0.717) is 23.1 Å². The lowest BCUT2D eigenvalue weighted by molar-refractivity contribution is 0.396. The summed E-state index contributed by atoms with van der Waals surface area (Å²) in [6.45, 7) is 0. The molecule has 5 heteroatoms. The van der Waals surface area contributed by atoms with Crippen LogP contribution in [0, 0.1) is 0 Å². The Labute approximate surface area is 104 Å². The van der Waals surface area contributed by atoms with Crippen molar-refractivity contribution in [1.29, 1.82) is 0 Å². The summed E-state index contributed by atoms with van der Waals surface area (Å²) < 4.78 is 15.6. The third kappa shape index (κ3) is 2.36. The number of rotatable bonds is 4. The van der Waals surface area contributed by atoms with E-state index in [4.69, 9.17) is 25.6 Å². The predicted octanol–water partition coefficient (Wildman–Crippen LogP) is 3.10. The summed E-state index contributed by atoms with van der Waals surface area (Å²) in [5.74, 6) is 2.35. The molecule has 0 atom stereocenters. The van der Waals surface area contributed by atoms with Gasteiger partial charge >= 0.3 is 0 Å². The summed E-state index contributed by atoms with van der Waals surface area (Å²) in [5.41, 5.74) is 1.47. The molecule has 90 valence electrons. The number of hydrogen-bond acceptors (Lipinski definition) is 4. The molecule has 0 N–H and O–H groups in total. The number of benzene rings is 1. The molecule has 2 aromatic rings. The number of aromatic nitrogens is 1. The molecule has 1 aromatic carbocycles. The third-order valence-corrected chi connectivity index (χ3v) is 2.64. The highest BCUT2D eigenvalue weighted by atomic mass is 35.5. The Morgan fingerprint density at radius 3 is 2.65 bits per heavy atom. The number of methoxy groups -OCH3 is 2. The fourth-order valence-corrected chi connectivity index (χ4v) is 1.63. The smallest absolute Gasteiger partial charge is 0.171 e. The summed E-state index contributed by atoms with van der Waals surface area (Å²) in [5, 5.41) is 3.84. The summed E-state index contributed by atoms with van der Waals surface area (Å²) >= 11 is 5.68. The second-order valence-corrected chi connectivity index (χ2v) is 3.65. The molecule has 0 bridgehead atoms. The van der Waals surface area contributed by atoms with Gasteiger partial charge in [0.25, 0.3) is 0 Å². The Hall–Kier alpha value is -1.68. The highest BCUT2D eigenvalue weighted by Crippen LogP contribution is 2.33. The van der Waals surface area contributed by atoms with Crippen LogP contribution in [0.3, 0.4) is 0 Å². The van der Waals surface area contributed by atoms with Gasteiger partial charge in [-0.25, -0.2) is 0 Å². The van der Waals surface area contributed by atoms with Crippen LogP contribution in [0.4, 0.5) is 0 Å².